The first-order valence-corrected chi connectivity index (χ1v) is 11.8. The molecule has 154 valence electrons. The van der Waals surface area contributed by atoms with Gasteiger partial charge in [-0.3, -0.25) is 4.72 Å². The molecule has 0 aliphatic carbocycles. The molecule has 0 radical (unpaired) electrons. The van der Waals surface area contributed by atoms with Crippen molar-refractivity contribution in [2.75, 3.05) is 23.7 Å². The maximum atomic E-state index is 12.8. The van der Waals surface area contributed by atoms with Gasteiger partial charge in [0.1, 0.15) is 6.07 Å². The third-order valence-electron chi connectivity index (χ3n) is 4.36. The molecule has 0 aliphatic rings. The second kappa shape index (κ2) is 8.18. The molecule has 0 aliphatic heterocycles. The minimum atomic E-state index is -4.02. The highest BCUT2D eigenvalue weighted by Gasteiger charge is 2.24. The molecule has 9 heteroatoms. The van der Waals surface area contributed by atoms with Crippen LogP contribution in [0.15, 0.2) is 87.5 Å². The summed E-state index contributed by atoms with van der Waals surface area (Å²) in [5.74, 6) is 0. The predicted molar refractivity (Wildman–Crippen MR) is 115 cm³/mol. The third-order valence-corrected chi connectivity index (χ3v) is 7.57. The standard InChI is InChI=1S/C21H19N3O4S2/c1-24(2)18-10-8-17(9-11-18)23-30(27,28)20-12-13-21(16(14-20)15-22)29(25,26)19-6-4-3-5-7-19/h3-14,23H,1-2H3. The lowest BCUT2D eigenvalue weighted by Crippen LogP contribution is -2.14. The Balaban J connectivity index is 1.97. The second-order valence-corrected chi connectivity index (χ2v) is 10.2. The third kappa shape index (κ3) is 4.30. The summed E-state index contributed by atoms with van der Waals surface area (Å²) in [5, 5.41) is 9.46. The van der Waals surface area contributed by atoms with Gasteiger partial charge in [0.05, 0.1) is 20.2 Å². The zero-order valence-electron chi connectivity index (χ0n) is 16.3. The predicted octanol–water partition coefficient (Wildman–Crippen LogP) is 3.26. The number of sulfone groups is 1. The van der Waals surface area contributed by atoms with Crippen LogP contribution < -0.4 is 9.62 Å². The summed E-state index contributed by atoms with van der Waals surface area (Å²) < 4.78 is 53.6. The smallest absolute Gasteiger partial charge is 0.261 e. The Morgan fingerprint density at radius 2 is 1.47 bits per heavy atom. The van der Waals surface area contributed by atoms with Crippen LogP contribution in [0.1, 0.15) is 5.56 Å². The van der Waals surface area contributed by atoms with E-state index in [4.69, 9.17) is 0 Å². The highest BCUT2D eigenvalue weighted by atomic mass is 32.2. The number of hydrogen-bond acceptors (Lipinski definition) is 6. The zero-order chi connectivity index (χ0) is 21.9. The molecule has 7 nitrogen and oxygen atoms in total. The van der Waals surface area contributed by atoms with Gasteiger partial charge in [-0.15, -0.1) is 0 Å². The van der Waals surface area contributed by atoms with E-state index in [1.54, 1.807) is 48.5 Å². The van der Waals surface area contributed by atoms with Crippen LogP contribution in [-0.4, -0.2) is 30.9 Å². The average Bonchev–Trinajstić information content (AvgIpc) is 2.74. The molecule has 0 aromatic heterocycles. The molecule has 3 aromatic rings. The molecule has 0 unspecified atom stereocenters. The van der Waals surface area contributed by atoms with Crippen LogP contribution in [0.2, 0.25) is 0 Å². The fourth-order valence-corrected chi connectivity index (χ4v) is 5.26. The van der Waals surface area contributed by atoms with Crippen molar-refractivity contribution in [3.05, 3.63) is 78.4 Å². The Morgan fingerprint density at radius 1 is 0.833 bits per heavy atom. The van der Waals surface area contributed by atoms with Crippen molar-refractivity contribution in [2.24, 2.45) is 0 Å². The topological polar surface area (TPSA) is 107 Å². The largest absolute Gasteiger partial charge is 0.378 e. The fraction of sp³-hybridized carbons (Fsp3) is 0.0952. The van der Waals surface area contributed by atoms with Crippen molar-refractivity contribution in [1.29, 1.82) is 5.26 Å². The minimum Gasteiger partial charge on any atom is -0.378 e. The van der Waals surface area contributed by atoms with Crippen molar-refractivity contribution in [3.63, 3.8) is 0 Å². The Bertz CT molecular complexity index is 1310. The lowest BCUT2D eigenvalue weighted by Gasteiger charge is -2.14. The maximum Gasteiger partial charge on any atom is 0.261 e. The van der Waals surface area contributed by atoms with E-state index in [2.05, 4.69) is 4.72 Å². The summed E-state index contributed by atoms with van der Waals surface area (Å²) in [7, 11) is -4.24. The molecule has 1 N–H and O–H groups in total. The van der Waals surface area contributed by atoms with Crippen LogP contribution in [0.4, 0.5) is 11.4 Å². The average molecular weight is 442 g/mol. The van der Waals surface area contributed by atoms with Gasteiger partial charge in [0, 0.05) is 25.5 Å². The molecule has 3 aromatic carbocycles. The molecular weight excluding hydrogens is 422 g/mol. The van der Waals surface area contributed by atoms with Crippen molar-refractivity contribution >= 4 is 31.2 Å². The quantitative estimate of drug-likeness (QED) is 0.629. The molecule has 3 rings (SSSR count). The highest BCUT2D eigenvalue weighted by molar-refractivity contribution is 7.93. The molecule has 0 bridgehead atoms. The van der Waals surface area contributed by atoms with Crippen LogP contribution >= 0.6 is 0 Å². The molecule has 0 atom stereocenters. The van der Waals surface area contributed by atoms with Gasteiger partial charge in [-0.05, 0) is 54.6 Å². The Kier molecular flexibility index (Phi) is 5.82. The van der Waals surface area contributed by atoms with Gasteiger partial charge in [-0.1, -0.05) is 18.2 Å². The van der Waals surface area contributed by atoms with Gasteiger partial charge in [-0.2, -0.15) is 5.26 Å². The fourth-order valence-electron chi connectivity index (χ4n) is 2.77. The number of anilines is 2. The van der Waals surface area contributed by atoms with Crippen molar-refractivity contribution in [3.8, 4) is 6.07 Å². The van der Waals surface area contributed by atoms with E-state index < -0.39 is 19.9 Å². The Labute approximate surface area is 176 Å². The highest BCUT2D eigenvalue weighted by Crippen LogP contribution is 2.27. The molecule has 0 amide bonds. The number of benzene rings is 3. The van der Waals surface area contributed by atoms with E-state index in [1.807, 2.05) is 19.0 Å². The van der Waals surface area contributed by atoms with Crippen molar-refractivity contribution < 1.29 is 16.8 Å². The van der Waals surface area contributed by atoms with E-state index in [9.17, 15) is 22.1 Å². The van der Waals surface area contributed by atoms with Gasteiger partial charge >= 0.3 is 0 Å². The maximum absolute atomic E-state index is 12.8. The van der Waals surface area contributed by atoms with E-state index >= 15 is 0 Å². The number of nitrogens with zero attached hydrogens (tertiary/aromatic N) is 2. The number of hydrogen-bond donors (Lipinski definition) is 1. The normalized spacial score (nSPS) is 11.5. The lowest BCUT2D eigenvalue weighted by atomic mass is 10.2. The summed E-state index contributed by atoms with van der Waals surface area (Å²) in [4.78, 5) is 1.45. The Morgan fingerprint density at radius 3 is 2.03 bits per heavy atom. The van der Waals surface area contributed by atoms with Gasteiger partial charge in [-0.25, -0.2) is 16.8 Å². The number of sulfonamides is 1. The van der Waals surface area contributed by atoms with Crippen LogP contribution in [0.3, 0.4) is 0 Å². The van der Waals surface area contributed by atoms with Gasteiger partial charge in [0.2, 0.25) is 9.84 Å². The first-order chi connectivity index (χ1) is 14.1. The van der Waals surface area contributed by atoms with Gasteiger partial charge in [0.25, 0.3) is 10.0 Å². The Hall–Kier alpha value is -3.35. The summed E-state index contributed by atoms with van der Waals surface area (Å²) in [6, 6.07) is 19.6. The molecule has 0 spiro atoms. The molecule has 0 saturated heterocycles. The molecule has 0 saturated carbocycles. The van der Waals surface area contributed by atoms with Crippen molar-refractivity contribution in [1.82, 2.24) is 0 Å². The van der Waals surface area contributed by atoms with Crippen LogP contribution in [0.5, 0.6) is 0 Å². The summed E-state index contributed by atoms with van der Waals surface area (Å²) >= 11 is 0. The second-order valence-electron chi connectivity index (χ2n) is 6.63. The first kappa shape index (κ1) is 21.4. The molecule has 0 heterocycles. The summed E-state index contributed by atoms with van der Waals surface area (Å²) in [6.07, 6.45) is 0. The molecule has 30 heavy (non-hydrogen) atoms. The number of nitriles is 1. The van der Waals surface area contributed by atoms with Crippen molar-refractivity contribution in [2.45, 2.75) is 14.7 Å². The number of rotatable bonds is 6. The summed E-state index contributed by atoms with van der Waals surface area (Å²) in [5.41, 5.74) is 1.00. The lowest BCUT2D eigenvalue weighted by molar-refractivity contribution is 0.593. The summed E-state index contributed by atoms with van der Waals surface area (Å²) in [6.45, 7) is 0. The van der Waals surface area contributed by atoms with Gasteiger partial charge in [0.15, 0.2) is 0 Å². The van der Waals surface area contributed by atoms with Crippen LogP contribution in [0, 0.1) is 11.3 Å². The number of nitrogens with one attached hydrogen (secondary N) is 1. The van der Waals surface area contributed by atoms with Gasteiger partial charge < -0.3 is 4.90 Å². The van der Waals surface area contributed by atoms with E-state index in [0.717, 1.165) is 17.8 Å². The zero-order valence-corrected chi connectivity index (χ0v) is 17.9. The SMILES string of the molecule is CN(C)c1ccc(NS(=O)(=O)c2ccc(S(=O)(=O)c3ccccc3)c(C#N)c2)cc1. The van der Waals surface area contributed by atoms with E-state index in [1.165, 1.54) is 18.2 Å². The molecule has 0 fully saturated rings. The monoisotopic (exact) mass is 441 g/mol. The first-order valence-electron chi connectivity index (χ1n) is 8.79. The minimum absolute atomic E-state index is 0.0243. The van der Waals surface area contributed by atoms with E-state index in [-0.39, 0.29) is 20.2 Å². The van der Waals surface area contributed by atoms with Crippen LogP contribution in [0.25, 0.3) is 0 Å². The van der Waals surface area contributed by atoms with Crippen LogP contribution in [-0.2, 0) is 19.9 Å². The molecular formula is C21H19N3O4S2. The van der Waals surface area contributed by atoms with E-state index in [0.29, 0.717) is 5.69 Å².